The second kappa shape index (κ2) is 10.4. The Morgan fingerprint density at radius 3 is 2.09 bits per heavy atom. The molecule has 4 heteroatoms. The van der Waals surface area contributed by atoms with Crippen LogP contribution >= 0.6 is 0 Å². The first-order valence-electron chi connectivity index (χ1n) is 12.2. The lowest BCUT2D eigenvalue weighted by molar-refractivity contribution is 0.0408. The number of hydrogen-bond donors (Lipinski definition) is 0. The minimum absolute atomic E-state index is 0.0168. The Labute approximate surface area is 202 Å². The van der Waals surface area contributed by atoms with E-state index < -0.39 is 0 Å². The highest BCUT2D eigenvalue weighted by Gasteiger charge is 2.40. The molecule has 0 aromatic heterocycles. The van der Waals surface area contributed by atoms with E-state index >= 15 is 0 Å². The van der Waals surface area contributed by atoms with Gasteiger partial charge in [-0.05, 0) is 16.7 Å². The largest absolute Gasteiger partial charge is 0.379 e. The first-order valence-corrected chi connectivity index (χ1v) is 12.2. The van der Waals surface area contributed by atoms with Gasteiger partial charge in [0.2, 0.25) is 0 Å². The summed E-state index contributed by atoms with van der Waals surface area (Å²) in [6.45, 7) is 4.85. The first-order chi connectivity index (χ1) is 16.7. The molecule has 2 heterocycles. The van der Waals surface area contributed by atoms with E-state index in [4.69, 9.17) is 4.74 Å². The fourth-order valence-electron chi connectivity index (χ4n) is 5.45. The summed E-state index contributed by atoms with van der Waals surface area (Å²) in [6.07, 6.45) is 0. The summed E-state index contributed by atoms with van der Waals surface area (Å²) in [5, 5.41) is 0. The molecule has 1 saturated heterocycles. The predicted molar refractivity (Wildman–Crippen MR) is 137 cm³/mol. The van der Waals surface area contributed by atoms with E-state index in [0.717, 1.165) is 38.4 Å². The van der Waals surface area contributed by atoms with Crippen LogP contribution < -0.4 is 0 Å². The molecule has 0 spiro atoms. The van der Waals surface area contributed by atoms with Crippen LogP contribution in [0.25, 0.3) is 5.70 Å². The number of Topliss-reactive ketones (excluding diaryl/α,β-unsaturated/α-hetero) is 1. The van der Waals surface area contributed by atoms with E-state index in [1.54, 1.807) is 0 Å². The zero-order valence-corrected chi connectivity index (χ0v) is 19.8. The van der Waals surface area contributed by atoms with Crippen LogP contribution in [0.2, 0.25) is 0 Å². The van der Waals surface area contributed by atoms with E-state index in [0.29, 0.717) is 6.54 Å². The lowest BCUT2D eigenvalue weighted by Gasteiger charge is -2.43. The maximum Gasteiger partial charge on any atom is 0.168 e. The van der Waals surface area contributed by atoms with Gasteiger partial charge in [-0.1, -0.05) is 91.0 Å². The van der Waals surface area contributed by atoms with Crippen LogP contribution in [0.1, 0.15) is 27.4 Å². The second-order valence-corrected chi connectivity index (χ2v) is 9.23. The maximum atomic E-state index is 13.9. The van der Waals surface area contributed by atoms with Crippen molar-refractivity contribution in [3.05, 3.63) is 113 Å². The fraction of sp³-hybridized carbons (Fsp3) is 0.300. The highest BCUT2D eigenvalue weighted by molar-refractivity contribution is 5.99. The van der Waals surface area contributed by atoms with Crippen molar-refractivity contribution in [2.45, 2.75) is 5.92 Å². The van der Waals surface area contributed by atoms with Crippen LogP contribution in [0.15, 0.2) is 96.6 Å². The number of carbonyl (C=O) groups excluding carboxylic acids is 1. The molecular formula is C30H32N2O2. The molecule has 3 aromatic rings. The summed E-state index contributed by atoms with van der Waals surface area (Å²) in [5.74, 6) is 0.0781. The summed E-state index contributed by atoms with van der Waals surface area (Å²) in [5.41, 5.74) is 5.78. The van der Waals surface area contributed by atoms with Gasteiger partial charge in [0.1, 0.15) is 0 Å². The summed E-state index contributed by atoms with van der Waals surface area (Å²) in [4.78, 5) is 18.7. The van der Waals surface area contributed by atoms with Gasteiger partial charge in [-0.15, -0.1) is 0 Å². The Hall–Kier alpha value is -3.21. The molecule has 0 saturated carbocycles. The third-order valence-corrected chi connectivity index (χ3v) is 7.03. The van der Waals surface area contributed by atoms with Crippen LogP contribution in [-0.2, 0) is 4.74 Å². The molecule has 2 atom stereocenters. The smallest absolute Gasteiger partial charge is 0.168 e. The summed E-state index contributed by atoms with van der Waals surface area (Å²) >= 11 is 0. The Morgan fingerprint density at radius 1 is 0.853 bits per heavy atom. The highest BCUT2D eigenvalue weighted by atomic mass is 16.5. The Kier molecular flexibility index (Phi) is 6.89. The van der Waals surface area contributed by atoms with Crippen molar-refractivity contribution in [2.75, 3.05) is 46.4 Å². The predicted octanol–water partition coefficient (Wildman–Crippen LogP) is 4.96. The van der Waals surface area contributed by atoms with Crippen molar-refractivity contribution < 1.29 is 9.53 Å². The van der Waals surface area contributed by atoms with Gasteiger partial charge in [0.25, 0.3) is 0 Å². The number of carbonyl (C=O) groups is 1. The van der Waals surface area contributed by atoms with Gasteiger partial charge in [0, 0.05) is 50.4 Å². The van der Waals surface area contributed by atoms with Gasteiger partial charge in [-0.25, -0.2) is 0 Å². The number of hydrogen-bond acceptors (Lipinski definition) is 4. The molecule has 0 amide bonds. The molecule has 2 aliphatic heterocycles. The Balaban J connectivity index is 1.66. The molecule has 0 bridgehead atoms. The van der Waals surface area contributed by atoms with Gasteiger partial charge in [0.05, 0.1) is 19.1 Å². The monoisotopic (exact) mass is 452 g/mol. The standard InChI is InChI=1S/C30H32N2O2/c1-31-21-27(30(33)25-15-9-4-10-16-25)28(23-11-5-2-6-12-23)26(22-32-17-19-34-20-18-32)29(31)24-13-7-3-8-14-24/h2-16,27-28H,17-22H2,1H3. The number of nitrogens with zero attached hydrogens (tertiary/aromatic N) is 2. The normalized spacial score (nSPS) is 21.5. The van der Waals surface area contributed by atoms with E-state index in [9.17, 15) is 4.79 Å². The average molecular weight is 453 g/mol. The molecule has 174 valence electrons. The highest BCUT2D eigenvalue weighted by Crippen LogP contribution is 2.44. The van der Waals surface area contributed by atoms with E-state index in [1.165, 1.54) is 22.4 Å². The molecule has 5 rings (SSSR count). The van der Waals surface area contributed by atoms with Crippen LogP contribution in [0.3, 0.4) is 0 Å². The molecule has 2 aliphatic rings. The van der Waals surface area contributed by atoms with Crippen LogP contribution in [0, 0.1) is 5.92 Å². The summed E-state index contributed by atoms with van der Waals surface area (Å²) in [6, 6.07) is 31.0. The number of ether oxygens (including phenoxy) is 1. The van der Waals surface area contributed by atoms with E-state index in [1.807, 2.05) is 30.3 Å². The lowest BCUT2D eigenvalue weighted by Crippen LogP contribution is -2.44. The van der Waals surface area contributed by atoms with Gasteiger partial charge < -0.3 is 9.64 Å². The molecule has 0 N–H and O–H groups in total. The minimum atomic E-state index is -0.154. The zero-order chi connectivity index (χ0) is 23.3. The molecule has 34 heavy (non-hydrogen) atoms. The second-order valence-electron chi connectivity index (χ2n) is 9.23. The number of ketones is 1. The zero-order valence-electron chi connectivity index (χ0n) is 19.8. The Morgan fingerprint density at radius 2 is 1.44 bits per heavy atom. The number of morpholine rings is 1. The molecule has 0 aliphatic carbocycles. The quantitative estimate of drug-likeness (QED) is 0.495. The van der Waals surface area contributed by atoms with Crippen molar-refractivity contribution in [1.29, 1.82) is 0 Å². The number of benzene rings is 3. The summed E-state index contributed by atoms with van der Waals surface area (Å²) < 4.78 is 5.63. The van der Waals surface area contributed by atoms with E-state index in [2.05, 4.69) is 77.5 Å². The van der Waals surface area contributed by atoms with Crippen LogP contribution in [-0.4, -0.2) is 62.0 Å². The maximum absolute atomic E-state index is 13.9. The third kappa shape index (κ3) is 4.70. The van der Waals surface area contributed by atoms with Crippen molar-refractivity contribution in [2.24, 2.45) is 5.92 Å². The third-order valence-electron chi connectivity index (χ3n) is 7.03. The van der Waals surface area contributed by atoms with E-state index in [-0.39, 0.29) is 17.6 Å². The first kappa shape index (κ1) is 22.6. The van der Waals surface area contributed by atoms with Crippen molar-refractivity contribution in [3.8, 4) is 0 Å². The molecular weight excluding hydrogens is 420 g/mol. The Bertz CT molecular complexity index is 1120. The lowest BCUT2D eigenvalue weighted by atomic mass is 9.72. The molecule has 2 unspecified atom stereocenters. The van der Waals surface area contributed by atoms with Gasteiger partial charge >= 0.3 is 0 Å². The van der Waals surface area contributed by atoms with Gasteiger partial charge in [-0.3, -0.25) is 9.69 Å². The minimum Gasteiger partial charge on any atom is -0.379 e. The van der Waals surface area contributed by atoms with Crippen molar-refractivity contribution in [1.82, 2.24) is 9.80 Å². The topological polar surface area (TPSA) is 32.8 Å². The van der Waals surface area contributed by atoms with Gasteiger partial charge in [-0.2, -0.15) is 0 Å². The van der Waals surface area contributed by atoms with Crippen LogP contribution in [0.5, 0.6) is 0 Å². The fourth-order valence-corrected chi connectivity index (χ4v) is 5.45. The van der Waals surface area contributed by atoms with Crippen molar-refractivity contribution >= 4 is 11.5 Å². The molecule has 3 aromatic carbocycles. The van der Waals surface area contributed by atoms with Gasteiger partial charge in [0.15, 0.2) is 5.78 Å². The molecule has 1 fully saturated rings. The summed E-state index contributed by atoms with van der Waals surface area (Å²) in [7, 11) is 2.13. The van der Waals surface area contributed by atoms with Crippen molar-refractivity contribution in [3.63, 3.8) is 0 Å². The molecule has 0 radical (unpaired) electrons. The average Bonchev–Trinajstić information content (AvgIpc) is 2.90. The molecule has 4 nitrogen and oxygen atoms in total. The SMILES string of the molecule is CN1CC(C(=O)c2ccccc2)C(c2ccccc2)C(CN2CCOCC2)=C1c1ccccc1. The number of rotatable bonds is 6. The van der Waals surface area contributed by atoms with Crippen LogP contribution in [0.4, 0.5) is 0 Å².